The van der Waals surface area contributed by atoms with Gasteiger partial charge in [0.1, 0.15) is 5.75 Å². The van der Waals surface area contributed by atoms with Gasteiger partial charge in [0, 0.05) is 18.2 Å². The van der Waals surface area contributed by atoms with Crippen LogP contribution in [0.4, 0.5) is 11.4 Å². The van der Waals surface area contributed by atoms with Crippen LogP contribution < -0.4 is 10.1 Å². The summed E-state index contributed by atoms with van der Waals surface area (Å²) in [5, 5.41) is 13.4. The number of nitrogens with one attached hydrogen (secondary N) is 1. The Morgan fingerprint density at radius 1 is 1.21 bits per heavy atom. The number of aryl methyl sites for hydroxylation is 1. The first-order valence-electron chi connectivity index (χ1n) is 8.39. The number of esters is 1. The van der Waals surface area contributed by atoms with Crippen LogP contribution in [-0.4, -0.2) is 30.0 Å². The minimum absolute atomic E-state index is 0.111. The molecular formula is C20H20N2O6. The monoisotopic (exact) mass is 384 g/mol. The van der Waals surface area contributed by atoms with Gasteiger partial charge in [-0.1, -0.05) is 24.3 Å². The normalized spacial score (nSPS) is 11.7. The van der Waals surface area contributed by atoms with E-state index in [1.54, 1.807) is 6.08 Å². The second-order valence-corrected chi connectivity index (χ2v) is 5.90. The van der Waals surface area contributed by atoms with Gasteiger partial charge in [0.15, 0.2) is 6.10 Å². The summed E-state index contributed by atoms with van der Waals surface area (Å²) in [5.74, 6) is -1.08. The number of amides is 1. The van der Waals surface area contributed by atoms with E-state index in [1.165, 1.54) is 38.3 Å². The zero-order valence-electron chi connectivity index (χ0n) is 15.7. The number of anilines is 1. The third-order valence-corrected chi connectivity index (χ3v) is 3.90. The van der Waals surface area contributed by atoms with Crippen molar-refractivity contribution in [2.75, 3.05) is 12.4 Å². The largest absolute Gasteiger partial charge is 0.495 e. The van der Waals surface area contributed by atoms with Crippen molar-refractivity contribution in [3.05, 3.63) is 69.8 Å². The minimum atomic E-state index is -1.11. The molecule has 0 spiro atoms. The van der Waals surface area contributed by atoms with Gasteiger partial charge in [-0.15, -0.1) is 0 Å². The molecule has 0 aliphatic heterocycles. The van der Waals surface area contributed by atoms with E-state index in [0.717, 1.165) is 11.1 Å². The first kappa shape index (κ1) is 20.6. The molecule has 8 heteroatoms. The van der Waals surface area contributed by atoms with Crippen LogP contribution in [0, 0.1) is 17.0 Å². The number of non-ortho nitro benzene ring substituents is 1. The minimum Gasteiger partial charge on any atom is -0.495 e. The number of hydrogen-bond acceptors (Lipinski definition) is 6. The molecule has 28 heavy (non-hydrogen) atoms. The Bertz CT molecular complexity index is 923. The predicted molar refractivity (Wildman–Crippen MR) is 104 cm³/mol. The van der Waals surface area contributed by atoms with E-state index in [4.69, 9.17) is 9.47 Å². The molecular weight excluding hydrogens is 364 g/mol. The maximum atomic E-state index is 12.3. The maximum Gasteiger partial charge on any atom is 0.331 e. The number of nitrogens with zero attached hydrogens (tertiary/aromatic N) is 1. The summed E-state index contributed by atoms with van der Waals surface area (Å²) in [7, 11) is 1.37. The molecule has 0 unspecified atom stereocenters. The third kappa shape index (κ3) is 5.41. The van der Waals surface area contributed by atoms with Gasteiger partial charge in [0.2, 0.25) is 0 Å². The van der Waals surface area contributed by atoms with Gasteiger partial charge in [-0.2, -0.15) is 0 Å². The fraction of sp³-hybridized carbons (Fsp3) is 0.200. The van der Waals surface area contributed by atoms with Gasteiger partial charge in [-0.3, -0.25) is 14.9 Å². The number of ether oxygens (including phenoxy) is 2. The van der Waals surface area contributed by atoms with Crippen LogP contribution in [0.15, 0.2) is 48.5 Å². The molecule has 8 nitrogen and oxygen atoms in total. The molecule has 0 aliphatic rings. The van der Waals surface area contributed by atoms with Gasteiger partial charge in [0.05, 0.1) is 17.7 Å². The fourth-order valence-electron chi connectivity index (χ4n) is 2.34. The molecule has 0 saturated heterocycles. The summed E-state index contributed by atoms with van der Waals surface area (Å²) >= 11 is 0. The van der Waals surface area contributed by atoms with Crippen LogP contribution in [0.5, 0.6) is 5.75 Å². The number of rotatable bonds is 7. The number of hydrogen-bond donors (Lipinski definition) is 1. The smallest absolute Gasteiger partial charge is 0.331 e. The van der Waals surface area contributed by atoms with Crippen LogP contribution in [0.25, 0.3) is 6.08 Å². The molecule has 1 amide bonds. The van der Waals surface area contributed by atoms with Crippen molar-refractivity contribution in [2.45, 2.75) is 20.0 Å². The van der Waals surface area contributed by atoms with E-state index in [-0.39, 0.29) is 17.1 Å². The lowest BCUT2D eigenvalue weighted by atomic mass is 10.1. The molecule has 146 valence electrons. The van der Waals surface area contributed by atoms with Crippen molar-refractivity contribution in [1.82, 2.24) is 0 Å². The molecule has 2 aromatic carbocycles. The van der Waals surface area contributed by atoms with Crippen molar-refractivity contribution in [1.29, 1.82) is 0 Å². The number of carbonyl (C=O) groups is 2. The average Bonchev–Trinajstić information content (AvgIpc) is 2.67. The molecule has 2 rings (SSSR count). The number of nitro benzene ring substituents is 1. The Balaban J connectivity index is 2.03. The van der Waals surface area contributed by atoms with Gasteiger partial charge in [-0.25, -0.2) is 4.79 Å². The highest BCUT2D eigenvalue weighted by molar-refractivity contribution is 5.97. The summed E-state index contributed by atoms with van der Waals surface area (Å²) in [6, 6.07) is 11.3. The highest BCUT2D eigenvalue weighted by atomic mass is 16.6. The van der Waals surface area contributed by atoms with Crippen molar-refractivity contribution in [2.24, 2.45) is 0 Å². The van der Waals surface area contributed by atoms with Crippen LogP contribution in [0.3, 0.4) is 0 Å². The molecule has 1 atom stereocenters. The Morgan fingerprint density at radius 2 is 1.93 bits per heavy atom. The highest BCUT2D eigenvalue weighted by Crippen LogP contribution is 2.29. The van der Waals surface area contributed by atoms with Crippen LogP contribution in [0.1, 0.15) is 18.1 Å². The number of carbonyl (C=O) groups excluding carboxylic acids is 2. The first-order chi connectivity index (χ1) is 13.3. The molecule has 0 aliphatic carbocycles. The summed E-state index contributed by atoms with van der Waals surface area (Å²) in [6.07, 6.45) is 1.73. The van der Waals surface area contributed by atoms with E-state index < -0.39 is 22.9 Å². The number of benzene rings is 2. The van der Waals surface area contributed by atoms with E-state index >= 15 is 0 Å². The second kappa shape index (κ2) is 9.31. The predicted octanol–water partition coefficient (Wildman–Crippen LogP) is 3.50. The van der Waals surface area contributed by atoms with E-state index in [9.17, 15) is 19.7 Å². The fourth-order valence-corrected chi connectivity index (χ4v) is 2.34. The Kier molecular flexibility index (Phi) is 6.86. The summed E-state index contributed by atoms with van der Waals surface area (Å²) in [6.45, 7) is 3.31. The first-order valence-corrected chi connectivity index (χ1v) is 8.39. The lowest BCUT2D eigenvalue weighted by molar-refractivity contribution is -0.384. The Morgan fingerprint density at radius 3 is 2.57 bits per heavy atom. The number of methoxy groups -OCH3 is 1. The average molecular weight is 384 g/mol. The Labute approximate surface area is 161 Å². The molecule has 2 aromatic rings. The SMILES string of the molecule is COc1ccc([N+](=O)[O-])cc1NC(=O)[C@H](C)OC(=O)/C=C/c1ccccc1C. The van der Waals surface area contributed by atoms with Crippen molar-refractivity contribution in [3.8, 4) is 5.75 Å². The molecule has 1 N–H and O–H groups in total. The van der Waals surface area contributed by atoms with E-state index in [2.05, 4.69) is 5.32 Å². The van der Waals surface area contributed by atoms with Crippen molar-refractivity contribution in [3.63, 3.8) is 0 Å². The van der Waals surface area contributed by atoms with Gasteiger partial charge >= 0.3 is 5.97 Å². The van der Waals surface area contributed by atoms with Crippen molar-refractivity contribution >= 4 is 29.3 Å². The topological polar surface area (TPSA) is 108 Å². The molecule has 0 radical (unpaired) electrons. The second-order valence-electron chi connectivity index (χ2n) is 5.90. The van der Waals surface area contributed by atoms with Gasteiger partial charge < -0.3 is 14.8 Å². The van der Waals surface area contributed by atoms with Crippen LogP contribution >= 0.6 is 0 Å². The third-order valence-electron chi connectivity index (χ3n) is 3.90. The maximum absolute atomic E-state index is 12.3. The lowest BCUT2D eigenvalue weighted by Gasteiger charge is -2.14. The lowest BCUT2D eigenvalue weighted by Crippen LogP contribution is -2.29. The van der Waals surface area contributed by atoms with E-state index in [1.807, 2.05) is 31.2 Å². The van der Waals surface area contributed by atoms with Crippen LogP contribution in [0.2, 0.25) is 0 Å². The quantitative estimate of drug-likeness (QED) is 0.339. The molecule has 0 bridgehead atoms. The van der Waals surface area contributed by atoms with Gasteiger partial charge in [-0.05, 0) is 37.1 Å². The van der Waals surface area contributed by atoms with Gasteiger partial charge in [0.25, 0.3) is 11.6 Å². The summed E-state index contributed by atoms with van der Waals surface area (Å²) < 4.78 is 10.2. The standard InChI is InChI=1S/C20H20N2O6/c1-13-6-4-5-7-15(13)8-11-19(23)28-14(2)20(24)21-17-12-16(22(25)26)9-10-18(17)27-3/h4-12,14H,1-3H3,(H,21,24)/b11-8+/t14-/m0/s1. The number of nitro groups is 1. The Hall–Kier alpha value is -3.68. The van der Waals surface area contributed by atoms with Crippen LogP contribution in [-0.2, 0) is 14.3 Å². The van der Waals surface area contributed by atoms with Crippen molar-refractivity contribution < 1.29 is 24.0 Å². The molecule has 0 aromatic heterocycles. The van der Waals surface area contributed by atoms with E-state index in [0.29, 0.717) is 0 Å². The zero-order chi connectivity index (χ0) is 20.7. The summed E-state index contributed by atoms with van der Waals surface area (Å²) in [5.41, 5.74) is 1.76. The molecule has 0 saturated carbocycles. The molecule has 0 fully saturated rings. The highest BCUT2D eigenvalue weighted by Gasteiger charge is 2.20. The molecule has 0 heterocycles. The zero-order valence-corrected chi connectivity index (χ0v) is 15.7. The summed E-state index contributed by atoms with van der Waals surface area (Å²) in [4.78, 5) is 34.6.